The van der Waals surface area contributed by atoms with Crippen molar-refractivity contribution in [2.75, 3.05) is 11.9 Å². The molecule has 0 radical (unpaired) electrons. The molecule has 2 atom stereocenters. The lowest BCUT2D eigenvalue weighted by Crippen LogP contribution is -2.34. The van der Waals surface area contributed by atoms with Crippen LogP contribution in [0.15, 0.2) is 0 Å². The van der Waals surface area contributed by atoms with Crippen molar-refractivity contribution in [3.8, 4) is 0 Å². The summed E-state index contributed by atoms with van der Waals surface area (Å²) in [5.41, 5.74) is 0. The van der Waals surface area contributed by atoms with E-state index in [0.29, 0.717) is 18.9 Å². The number of rotatable bonds is 3. The third-order valence-corrected chi connectivity index (χ3v) is 3.33. The van der Waals surface area contributed by atoms with Crippen molar-refractivity contribution in [1.29, 1.82) is 0 Å². The number of nitrogens with zero attached hydrogens (tertiary/aromatic N) is 1. The number of amides is 2. The van der Waals surface area contributed by atoms with Crippen molar-refractivity contribution in [3.63, 3.8) is 0 Å². The normalized spacial score (nSPS) is 25.5. The van der Waals surface area contributed by atoms with Crippen LogP contribution in [0.25, 0.3) is 0 Å². The van der Waals surface area contributed by atoms with Gasteiger partial charge in [0.05, 0.1) is 0 Å². The summed E-state index contributed by atoms with van der Waals surface area (Å²) in [7, 11) is 0. The van der Waals surface area contributed by atoms with Gasteiger partial charge in [0.25, 0.3) is 0 Å². The predicted molar refractivity (Wildman–Crippen MR) is 53.5 cm³/mol. The second kappa shape index (κ2) is 4.22. The van der Waals surface area contributed by atoms with Crippen LogP contribution in [0.2, 0.25) is 0 Å². The summed E-state index contributed by atoms with van der Waals surface area (Å²) in [5.74, 6) is 0.177. The Bertz CT molecular complexity index is 230. The van der Waals surface area contributed by atoms with E-state index in [1.165, 1.54) is 4.90 Å². The first kappa shape index (κ1) is 10.7. The number of imide groups is 1. The lowest BCUT2D eigenvalue weighted by atomic mass is 10.1. The molecule has 0 N–H and O–H groups in total. The van der Waals surface area contributed by atoms with Crippen LogP contribution in [0.4, 0.5) is 0 Å². The zero-order valence-corrected chi connectivity index (χ0v) is 9.50. The number of alkyl halides is 1. The monoisotopic (exact) mass is 247 g/mol. The second-order valence-electron chi connectivity index (χ2n) is 3.71. The highest BCUT2D eigenvalue weighted by Gasteiger charge is 2.35. The van der Waals surface area contributed by atoms with Crippen LogP contribution in [-0.2, 0) is 9.59 Å². The van der Waals surface area contributed by atoms with E-state index in [2.05, 4.69) is 15.9 Å². The van der Waals surface area contributed by atoms with Gasteiger partial charge in [0.2, 0.25) is 11.8 Å². The molecule has 2 unspecified atom stereocenters. The zero-order chi connectivity index (χ0) is 10.0. The number of hydrogen-bond acceptors (Lipinski definition) is 2. The topological polar surface area (TPSA) is 37.4 Å². The van der Waals surface area contributed by atoms with E-state index in [-0.39, 0.29) is 17.7 Å². The molecule has 1 aliphatic rings. The molecule has 0 aliphatic carbocycles. The number of carbonyl (C=O) groups excluding carboxylic acids is 2. The molecule has 2 amide bonds. The SMILES string of the molecule is CC(CBr)CN1C(=O)CC(C)C1=O. The third-order valence-electron chi connectivity index (χ3n) is 2.23. The van der Waals surface area contributed by atoms with Crippen LogP contribution in [0, 0.1) is 11.8 Å². The van der Waals surface area contributed by atoms with Gasteiger partial charge in [-0.15, -0.1) is 0 Å². The molecule has 0 aromatic heterocycles. The van der Waals surface area contributed by atoms with Crippen molar-refractivity contribution < 1.29 is 9.59 Å². The van der Waals surface area contributed by atoms with Gasteiger partial charge in [-0.3, -0.25) is 14.5 Å². The Kier molecular flexibility index (Phi) is 3.47. The standard InChI is InChI=1S/C9H14BrNO2/c1-6(4-10)5-11-8(12)3-7(2)9(11)13/h6-7H,3-5H2,1-2H3. The van der Waals surface area contributed by atoms with Crippen LogP contribution in [0.5, 0.6) is 0 Å². The summed E-state index contributed by atoms with van der Waals surface area (Å²) in [6.07, 6.45) is 0.383. The first-order valence-electron chi connectivity index (χ1n) is 4.46. The van der Waals surface area contributed by atoms with Gasteiger partial charge < -0.3 is 0 Å². The predicted octanol–water partition coefficient (Wildman–Crippen LogP) is 1.41. The fourth-order valence-electron chi connectivity index (χ4n) is 1.40. The Hall–Kier alpha value is -0.380. The molecule has 4 heteroatoms. The summed E-state index contributed by atoms with van der Waals surface area (Å²) < 4.78 is 0. The van der Waals surface area contributed by atoms with Crippen LogP contribution in [0.3, 0.4) is 0 Å². The van der Waals surface area contributed by atoms with Gasteiger partial charge in [-0.1, -0.05) is 29.8 Å². The minimum Gasteiger partial charge on any atom is -0.282 e. The average molecular weight is 248 g/mol. The lowest BCUT2D eigenvalue weighted by molar-refractivity contribution is -0.139. The molecule has 0 saturated carbocycles. The third kappa shape index (κ3) is 2.30. The Labute approximate surface area is 86.6 Å². The maximum atomic E-state index is 11.5. The van der Waals surface area contributed by atoms with E-state index < -0.39 is 0 Å². The quantitative estimate of drug-likeness (QED) is 0.559. The fourth-order valence-corrected chi connectivity index (χ4v) is 1.61. The Morgan fingerprint density at radius 1 is 1.62 bits per heavy atom. The van der Waals surface area contributed by atoms with E-state index in [0.717, 1.165) is 5.33 Å². The summed E-state index contributed by atoms with van der Waals surface area (Å²) in [4.78, 5) is 24.2. The van der Waals surface area contributed by atoms with Crippen LogP contribution in [0.1, 0.15) is 20.3 Å². The highest BCUT2D eigenvalue weighted by molar-refractivity contribution is 9.09. The molecule has 1 fully saturated rings. The van der Waals surface area contributed by atoms with Crippen molar-refractivity contribution in [3.05, 3.63) is 0 Å². The molecule has 1 heterocycles. The molecule has 0 aromatic carbocycles. The first-order valence-corrected chi connectivity index (χ1v) is 5.58. The maximum Gasteiger partial charge on any atom is 0.232 e. The Balaban J connectivity index is 2.59. The van der Waals surface area contributed by atoms with Gasteiger partial charge in [-0.25, -0.2) is 0 Å². The summed E-state index contributed by atoms with van der Waals surface area (Å²) in [6, 6.07) is 0. The van der Waals surface area contributed by atoms with Gasteiger partial charge in [0.1, 0.15) is 0 Å². The number of carbonyl (C=O) groups is 2. The van der Waals surface area contributed by atoms with Crippen molar-refractivity contribution in [2.24, 2.45) is 11.8 Å². The molecule has 1 saturated heterocycles. The largest absolute Gasteiger partial charge is 0.282 e. The minimum atomic E-state index is -0.116. The van der Waals surface area contributed by atoms with Gasteiger partial charge in [0.15, 0.2) is 0 Å². The van der Waals surface area contributed by atoms with Crippen LogP contribution >= 0.6 is 15.9 Å². The second-order valence-corrected chi connectivity index (χ2v) is 4.35. The highest BCUT2D eigenvalue weighted by atomic mass is 79.9. The van der Waals surface area contributed by atoms with Crippen LogP contribution in [-0.4, -0.2) is 28.6 Å². The van der Waals surface area contributed by atoms with Gasteiger partial charge in [0, 0.05) is 24.2 Å². The average Bonchev–Trinajstić information content (AvgIpc) is 2.32. The number of halogens is 1. The minimum absolute atomic E-state index is 0.0159. The fraction of sp³-hybridized carbons (Fsp3) is 0.778. The molecule has 3 nitrogen and oxygen atoms in total. The van der Waals surface area contributed by atoms with E-state index in [1.54, 1.807) is 6.92 Å². The smallest absolute Gasteiger partial charge is 0.232 e. The maximum absolute atomic E-state index is 11.5. The van der Waals surface area contributed by atoms with Crippen molar-refractivity contribution >= 4 is 27.7 Å². The van der Waals surface area contributed by atoms with E-state index in [4.69, 9.17) is 0 Å². The van der Waals surface area contributed by atoms with Gasteiger partial charge >= 0.3 is 0 Å². The number of hydrogen-bond donors (Lipinski definition) is 0. The zero-order valence-electron chi connectivity index (χ0n) is 7.92. The summed E-state index contributed by atoms with van der Waals surface area (Å²) in [6.45, 7) is 4.37. The first-order chi connectivity index (χ1) is 6.06. The molecule has 0 spiro atoms. The molecular weight excluding hydrogens is 234 g/mol. The molecule has 13 heavy (non-hydrogen) atoms. The highest BCUT2D eigenvalue weighted by Crippen LogP contribution is 2.20. The lowest BCUT2D eigenvalue weighted by Gasteiger charge is -2.17. The van der Waals surface area contributed by atoms with Crippen LogP contribution < -0.4 is 0 Å². The molecular formula is C9H14BrNO2. The Morgan fingerprint density at radius 2 is 2.23 bits per heavy atom. The molecule has 74 valence electrons. The molecule has 1 aliphatic heterocycles. The van der Waals surface area contributed by atoms with E-state index in [9.17, 15) is 9.59 Å². The molecule has 1 rings (SSSR count). The van der Waals surface area contributed by atoms with E-state index in [1.807, 2.05) is 6.92 Å². The summed E-state index contributed by atoms with van der Waals surface area (Å²) >= 11 is 3.33. The van der Waals surface area contributed by atoms with Crippen molar-refractivity contribution in [1.82, 2.24) is 4.90 Å². The van der Waals surface area contributed by atoms with Gasteiger partial charge in [-0.05, 0) is 5.92 Å². The molecule has 0 bridgehead atoms. The summed E-state index contributed by atoms with van der Waals surface area (Å²) in [5, 5.41) is 0.818. The Morgan fingerprint density at radius 3 is 2.62 bits per heavy atom. The number of likely N-dealkylation sites (tertiary alicyclic amines) is 1. The van der Waals surface area contributed by atoms with Crippen molar-refractivity contribution in [2.45, 2.75) is 20.3 Å². The molecule has 0 aromatic rings. The van der Waals surface area contributed by atoms with E-state index >= 15 is 0 Å². The van der Waals surface area contributed by atoms with Gasteiger partial charge in [-0.2, -0.15) is 0 Å².